The SMILES string of the molecule is CCCCCCCCCCCCCCCCCCCCCCCC(=O)O[C@H](COC(=O)CCCCCCCCCCCCCCCCCCC(C)C)COP(=O)(O)OC[C@@H](O)COP(=O)(O)OC[C@@H](COC(=O)CCCCCCCCCCC(C)CC)OC(=O)CCCCCCCCCCCCCCCCCC(C)C. The van der Waals surface area contributed by atoms with Crippen LogP contribution in [0.4, 0.5) is 0 Å². The number of unbranched alkanes of at least 4 members (excludes halogenated alkanes) is 56. The molecule has 3 unspecified atom stereocenters. The van der Waals surface area contributed by atoms with Gasteiger partial charge in [-0.1, -0.05) is 434 Å². The summed E-state index contributed by atoms with van der Waals surface area (Å²) in [5, 5.41) is 10.7. The summed E-state index contributed by atoms with van der Waals surface area (Å²) in [5.41, 5.74) is 0. The molecule has 0 bridgehead atoms. The van der Waals surface area contributed by atoms with Crippen molar-refractivity contribution < 1.29 is 80.2 Å². The zero-order chi connectivity index (χ0) is 80.8. The van der Waals surface area contributed by atoms with Gasteiger partial charge in [0.1, 0.15) is 19.3 Å². The van der Waals surface area contributed by atoms with Gasteiger partial charge in [0.25, 0.3) is 0 Å². The number of aliphatic hydroxyl groups is 1. The lowest BCUT2D eigenvalue weighted by Crippen LogP contribution is -2.30. The number of rotatable bonds is 89. The highest BCUT2D eigenvalue weighted by Gasteiger charge is 2.31. The normalized spacial score (nSPS) is 14.0. The number of carbonyl (C=O) groups excluding carboxylic acids is 4. The Labute approximate surface area is 677 Å². The van der Waals surface area contributed by atoms with Gasteiger partial charge in [-0.2, -0.15) is 0 Å². The second kappa shape index (κ2) is 80.8. The standard InChI is InChI=1S/C91H178O17P2/c1-8-10-11-12-13-14-15-16-17-18-19-20-21-22-29-34-39-44-53-60-67-74-90(95)107-86(78-101-88(93)72-65-58-51-43-38-33-28-24-23-26-31-36-41-48-55-62-69-82(3)4)80-105-109(97,98)103-76-85(92)77-104-110(99,100)106-81-87(79-102-89(94)73-66-59-52-47-46-50-57-64-71-84(7)9-2)108-91(96)75-68-61-54-45-40-35-30-25-27-32-37-42-49-56-63-70-83(5)6/h82-87,92H,8-81H2,1-7H3,(H,97,98)(H,99,100)/t84?,85-,86-,87-/m1/s1. The molecule has 0 fully saturated rings. The number of ether oxygens (including phenoxy) is 4. The first-order chi connectivity index (χ1) is 53.3. The van der Waals surface area contributed by atoms with Crippen molar-refractivity contribution in [1.29, 1.82) is 0 Å². The summed E-state index contributed by atoms with van der Waals surface area (Å²) in [7, 11) is -9.94. The lowest BCUT2D eigenvalue weighted by Gasteiger charge is -2.21. The predicted octanol–water partition coefficient (Wildman–Crippen LogP) is 28.0. The van der Waals surface area contributed by atoms with Crippen LogP contribution in [0.3, 0.4) is 0 Å². The lowest BCUT2D eigenvalue weighted by molar-refractivity contribution is -0.161. The van der Waals surface area contributed by atoms with Crippen LogP contribution in [0, 0.1) is 17.8 Å². The van der Waals surface area contributed by atoms with Crippen molar-refractivity contribution >= 4 is 39.5 Å². The van der Waals surface area contributed by atoms with E-state index in [1.807, 2.05) is 0 Å². The van der Waals surface area contributed by atoms with E-state index in [-0.39, 0.29) is 25.7 Å². The molecule has 654 valence electrons. The zero-order valence-electron chi connectivity index (χ0n) is 72.7. The molecule has 0 aliphatic heterocycles. The van der Waals surface area contributed by atoms with Gasteiger partial charge in [0.2, 0.25) is 0 Å². The first-order valence-electron chi connectivity index (χ1n) is 46.9. The van der Waals surface area contributed by atoms with Crippen molar-refractivity contribution in [3.63, 3.8) is 0 Å². The minimum absolute atomic E-state index is 0.107. The Morgan fingerprint density at radius 3 is 0.691 bits per heavy atom. The third-order valence-corrected chi connectivity index (χ3v) is 23.6. The molecule has 0 amide bonds. The summed E-state index contributed by atoms with van der Waals surface area (Å²) < 4.78 is 69.1. The van der Waals surface area contributed by atoms with E-state index in [4.69, 9.17) is 37.0 Å². The highest BCUT2D eigenvalue weighted by Crippen LogP contribution is 2.45. The molecule has 110 heavy (non-hydrogen) atoms. The predicted molar refractivity (Wildman–Crippen MR) is 455 cm³/mol. The van der Waals surface area contributed by atoms with Crippen molar-refractivity contribution in [1.82, 2.24) is 0 Å². The molecule has 0 aromatic heterocycles. The molecule has 3 N–H and O–H groups in total. The Balaban J connectivity index is 5.25. The molecule has 0 saturated heterocycles. The van der Waals surface area contributed by atoms with Crippen LogP contribution >= 0.6 is 15.6 Å². The van der Waals surface area contributed by atoms with Crippen molar-refractivity contribution in [3.8, 4) is 0 Å². The molecule has 6 atom stereocenters. The summed E-state index contributed by atoms with van der Waals surface area (Å²) in [4.78, 5) is 73.4. The van der Waals surface area contributed by atoms with Crippen LogP contribution < -0.4 is 0 Å². The Morgan fingerprint density at radius 2 is 0.464 bits per heavy atom. The number of phosphoric ester groups is 2. The van der Waals surface area contributed by atoms with E-state index < -0.39 is 97.5 Å². The quantitative estimate of drug-likeness (QED) is 0.0222. The van der Waals surface area contributed by atoms with Gasteiger partial charge in [-0.25, -0.2) is 9.13 Å². The molecule has 19 heteroatoms. The van der Waals surface area contributed by atoms with Gasteiger partial charge in [-0.3, -0.25) is 37.3 Å². The molecule has 0 radical (unpaired) electrons. The van der Waals surface area contributed by atoms with E-state index in [0.29, 0.717) is 25.7 Å². The zero-order valence-corrected chi connectivity index (χ0v) is 74.5. The summed E-state index contributed by atoms with van der Waals surface area (Å²) in [6, 6.07) is 0. The van der Waals surface area contributed by atoms with E-state index in [1.54, 1.807) is 0 Å². The third kappa shape index (κ3) is 82.6. The first-order valence-corrected chi connectivity index (χ1v) is 49.9. The fourth-order valence-electron chi connectivity index (χ4n) is 14.2. The highest BCUT2D eigenvalue weighted by molar-refractivity contribution is 7.47. The van der Waals surface area contributed by atoms with Gasteiger partial charge in [0.05, 0.1) is 26.4 Å². The second-order valence-corrected chi connectivity index (χ2v) is 36.8. The Morgan fingerprint density at radius 1 is 0.264 bits per heavy atom. The molecular formula is C91H178O17P2. The topological polar surface area (TPSA) is 237 Å². The average molecular weight is 1610 g/mol. The maximum Gasteiger partial charge on any atom is 0.472 e. The van der Waals surface area contributed by atoms with Crippen molar-refractivity contribution in [2.45, 2.75) is 503 Å². The number of hydrogen-bond donors (Lipinski definition) is 3. The Hall–Kier alpha value is -1.94. The van der Waals surface area contributed by atoms with Crippen molar-refractivity contribution in [2.75, 3.05) is 39.6 Å². The molecule has 0 aliphatic rings. The molecule has 17 nitrogen and oxygen atoms in total. The van der Waals surface area contributed by atoms with Crippen molar-refractivity contribution in [2.24, 2.45) is 17.8 Å². The van der Waals surface area contributed by atoms with Gasteiger partial charge in [0.15, 0.2) is 12.2 Å². The van der Waals surface area contributed by atoms with Crippen LogP contribution in [0.5, 0.6) is 0 Å². The smallest absolute Gasteiger partial charge is 0.462 e. The Kier molecular flexibility index (Phi) is 79.4. The number of esters is 4. The van der Waals surface area contributed by atoms with Gasteiger partial charge >= 0.3 is 39.5 Å². The maximum atomic E-state index is 13.2. The van der Waals surface area contributed by atoms with Crippen LogP contribution in [0.15, 0.2) is 0 Å². The van der Waals surface area contributed by atoms with Crippen LogP contribution in [0.2, 0.25) is 0 Å². The minimum atomic E-state index is -4.97. The average Bonchev–Trinajstić information content (AvgIpc) is 0.898. The number of aliphatic hydroxyl groups excluding tert-OH is 1. The molecule has 0 aromatic rings. The first kappa shape index (κ1) is 108. The molecule has 0 saturated carbocycles. The number of phosphoric acid groups is 2. The van der Waals surface area contributed by atoms with Crippen LogP contribution in [-0.2, 0) is 65.4 Å². The summed E-state index contributed by atoms with van der Waals surface area (Å²) in [6.07, 6.45) is 73.6. The summed E-state index contributed by atoms with van der Waals surface area (Å²) >= 11 is 0. The lowest BCUT2D eigenvalue weighted by atomic mass is 9.99. The van der Waals surface area contributed by atoms with Gasteiger partial charge in [-0.15, -0.1) is 0 Å². The van der Waals surface area contributed by atoms with Crippen LogP contribution in [-0.4, -0.2) is 96.7 Å². The van der Waals surface area contributed by atoms with E-state index in [0.717, 1.165) is 108 Å². The fourth-order valence-corrected chi connectivity index (χ4v) is 15.8. The molecule has 0 aliphatic carbocycles. The van der Waals surface area contributed by atoms with Crippen LogP contribution in [0.25, 0.3) is 0 Å². The minimum Gasteiger partial charge on any atom is -0.462 e. The third-order valence-electron chi connectivity index (χ3n) is 21.7. The molecule has 0 rings (SSSR count). The van der Waals surface area contributed by atoms with Gasteiger partial charge < -0.3 is 33.8 Å². The Bertz CT molecular complexity index is 2120. The van der Waals surface area contributed by atoms with Gasteiger partial charge in [0, 0.05) is 25.7 Å². The van der Waals surface area contributed by atoms with E-state index >= 15 is 0 Å². The monoisotopic (exact) mass is 1610 g/mol. The summed E-state index contributed by atoms with van der Waals surface area (Å²) in [6.45, 7) is 12.1. The van der Waals surface area contributed by atoms with E-state index in [9.17, 15) is 43.2 Å². The second-order valence-electron chi connectivity index (χ2n) is 33.9. The van der Waals surface area contributed by atoms with Crippen molar-refractivity contribution in [3.05, 3.63) is 0 Å². The molecular weight excluding hydrogens is 1430 g/mol. The summed E-state index contributed by atoms with van der Waals surface area (Å²) in [5.74, 6) is 0.294. The molecule has 0 heterocycles. The number of hydrogen-bond acceptors (Lipinski definition) is 15. The maximum absolute atomic E-state index is 13.2. The fraction of sp³-hybridized carbons (Fsp3) is 0.956. The van der Waals surface area contributed by atoms with E-state index in [1.165, 1.54) is 295 Å². The number of carbonyl (C=O) groups is 4. The van der Waals surface area contributed by atoms with Crippen LogP contribution in [0.1, 0.15) is 485 Å². The largest absolute Gasteiger partial charge is 0.472 e. The molecule has 0 spiro atoms. The molecule has 0 aromatic carbocycles. The van der Waals surface area contributed by atoms with Gasteiger partial charge in [-0.05, 0) is 43.4 Å². The highest BCUT2D eigenvalue weighted by atomic mass is 31.2. The van der Waals surface area contributed by atoms with E-state index in [2.05, 4.69) is 48.5 Å².